The number of aromatic nitrogens is 4. The molecule has 5 rings (SSSR count). The zero-order valence-corrected chi connectivity index (χ0v) is 19.0. The van der Waals surface area contributed by atoms with Crippen LogP contribution in [0.5, 0.6) is 0 Å². The number of nitriles is 1. The van der Waals surface area contributed by atoms with Crippen LogP contribution in [-0.2, 0) is 0 Å². The molecule has 1 saturated heterocycles. The number of hydrogen-bond donors (Lipinski definition) is 1. The van der Waals surface area contributed by atoms with Crippen molar-refractivity contribution in [2.75, 3.05) is 23.3 Å². The first-order chi connectivity index (χ1) is 16.3. The van der Waals surface area contributed by atoms with Gasteiger partial charge in [-0.3, -0.25) is 0 Å². The van der Waals surface area contributed by atoms with E-state index in [0.29, 0.717) is 17.9 Å². The van der Waals surface area contributed by atoms with Gasteiger partial charge < -0.3 is 10.2 Å². The standard InChI is InChI=1S/C26H31N7/c27-16-20-7-9-23(10-8-20)32-13-3-4-21(17-32)14-22-5-1-2-6-25(22)31-26-15-24(11-12-29-26)33-19-28-18-30-33/h7-12,15,18-19,21-22,25H,1-6,13-14,17H2,(H,29,31)/t21-,22+,25-/m1/s1. The number of benzene rings is 1. The molecule has 0 unspecified atom stereocenters. The maximum Gasteiger partial charge on any atom is 0.138 e. The minimum absolute atomic E-state index is 0.461. The number of pyridine rings is 1. The first kappa shape index (κ1) is 21.4. The SMILES string of the molecule is N#Cc1ccc(N2CCC[C@H](C[C@@H]3CCCC[C@H]3Nc3cc(-n4cncn4)ccn3)C2)cc1. The molecule has 1 aromatic carbocycles. The highest BCUT2D eigenvalue weighted by atomic mass is 15.3. The summed E-state index contributed by atoms with van der Waals surface area (Å²) in [5.74, 6) is 2.29. The third-order valence-corrected chi connectivity index (χ3v) is 7.19. The van der Waals surface area contributed by atoms with Crippen molar-refractivity contribution in [3.63, 3.8) is 0 Å². The molecule has 170 valence electrons. The Morgan fingerprint density at radius 1 is 1.03 bits per heavy atom. The van der Waals surface area contributed by atoms with E-state index in [-0.39, 0.29) is 0 Å². The van der Waals surface area contributed by atoms with Crippen molar-refractivity contribution in [2.45, 2.75) is 51.0 Å². The number of anilines is 2. The second kappa shape index (κ2) is 10.0. The molecule has 0 bridgehead atoms. The van der Waals surface area contributed by atoms with Crippen LogP contribution in [0.3, 0.4) is 0 Å². The molecular formula is C26H31N7. The maximum absolute atomic E-state index is 9.08. The van der Waals surface area contributed by atoms with Gasteiger partial charge in [0.2, 0.25) is 0 Å². The molecule has 0 radical (unpaired) electrons. The van der Waals surface area contributed by atoms with Gasteiger partial charge in [-0.1, -0.05) is 12.8 Å². The van der Waals surface area contributed by atoms with E-state index in [9.17, 15) is 0 Å². The van der Waals surface area contributed by atoms with E-state index in [0.717, 1.165) is 30.2 Å². The fourth-order valence-corrected chi connectivity index (χ4v) is 5.52. The van der Waals surface area contributed by atoms with Gasteiger partial charge in [0.25, 0.3) is 0 Å². The van der Waals surface area contributed by atoms with E-state index >= 15 is 0 Å². The van der Waals surface area contributed by atoms with Crippen molar-refractivity contribution in [1.29, 1.82) is 5.26 Å². The summed E-state index contributed by atoms with van der Waals surface area (Å²) >= 11 is 0. The summed E-state index contributed by atoms with van der Waals surface area (Å²) in [6.45, 7) is 2.21. The number of piperidine rings is 1. The Morgan fingerprint density at radius 3 is 2.73 bits per heavy atom. The lowest BCUT2D eigenvalue weighted by molar-refractivity contribution is 0.247. The van der Waals surface area contributed by atoms with Crippen molar-refractivity contribution in [3.8, 4) is 11.8 Å². The van der Waals surface area contributed by atoms with Crippen LogP contribution in [-0.4, -0.2) is 38.9 Å². The van der Waals surface area contributed by atoms with E-state index in [1.54, 1.807) is 17.3 Å². The van der Waals surface area contributed by atoms with Gasteiger partial charge in [-0.15, -0.1) is 0 Å². The summed E-state index contributed by atoms with van der Waals surface area (Å²) in [6.07, 6.45) is 14.0. The predicted octanol–water partition coefficient (Wildman–Crippen LogP) is 4.81. The highest BCUT2D eigenvalue weighted by molar-refractivity contribution is 5.50. The Morgan fingerprint density at radius 2 is 1.91 bits per heavy atom. The fraction of sp³-hybridized carbons (Fsp3) is 0.462. The average Bonchev–Trinajstić information content (AvgIpc) is 3.41. The van der Waals surface area contributed by atoms with Crippen molar-refractivity contribution in [2.24, 2.45) is 11.8 Å². The Balaban J connectivity index is 1.23. The van der Waals surface area contributed by atoms with Gasteiger partial charge in [0.05, 0.1) is 17.3 Å². The summed E-state index contributed by atoms with van der Waals surface area (Å²) in [6, 6.07) is 14.8. The Labute approximate surface area is 195 Å². The van der Waals surface area contributed by atoms with Crippen LogP contribution in [0.1, 0.15) is 50.5 Å². The molecule has 0 spiro atoms. The van der Waals surface area contributed by atoms with Crippen molar-refractivity contribution in [1.82, 2.24) is 19.7 Å². The van der Waals surface area contributed by atoms with E-state index in [1.165, 1.54) is 50.6 Å². The fourth-order valence-electron chi connectivity index (χ4n) is 5.52. The zero-order valence-electron chi connectivity index (χ0n) is 19.0. The van der Waals surface area contributed by atoms with Gasteiger partial charge in [0.1, 0.15) is 18.5 Å². The summed E-state index contributed by atoms with van der Waals surface area (Å²) in [5.41, 5.74) is 2.94. The zero-order chi connectivity index (χ0) is 22.5. The molecule has 1 aliphatic heterocycles. The lowest BCUT2D eigenvalue weighted by Gasteiger charge is -2.39. The Bertz CT molecular complexity index is 1070. The van der Waals surface area contributed by atoms with E-state index < -0.39 is 0 Å². The van der Waals surface area contributed by atoms with Gasteiger partial charge >= 0.3 is 0 Å². The molecule has 2 fully saturated rings. The highest BCUT2D eigenvalue weighted by Gasteiger charge is 2.30. The van der Waals surface area contributed by atoms with Crippen molar-refractivity contribution < 1.29 is 0 Å². The number of hydrogen-bond acceptors (Lipinski definition) is 6. The summed E-state index contributed by atoms with van der Waals surface area (Å²) in [4.78, 5) is 11.1. The molecule has 2 aliphatic rings. The van der Waals surface area contributed by atoms with E-state index in [4.69, 9.17) is 5.26 Å². The smallest absolute Gasteiger partial charge is 0.138 e. The van der Waals surface area contributed by atoms with Gasteiger partial charge in [-0.2, -0.15) is 10.4 Å². The third kappa shape index (κ3) is 5.16. The van der Waals surface area contributed by atoms with Crippen LogP contribution in [0.4, 0.5) is 11.5 Å². The molecule has 3 aromatic rings. The molecule has 7 heteroatoms. The normalized spacial score (nSPS) is 23.1. The molecule has 1 N–H and O–H groups in total. The first-order valence-electron chi connectivity index (χ1n) is 12.1. The summed E-state index contributed by atoms with van der Waals surface area (Å²) < 4.78 is 1.77. The van der Waals surface area contributed by atoms with Crippen LogP contribution < -0.4 is 10.2 Å². The quantitative estimate of drug-likeness (QED) is 0.591. The number of rotatable bonds is 6. The molecule has 7 nitrogen and oxygen atoms in total. The van der Waals surface area contributed by atoms with Crippen LogP contribution in [0, 0.1) is 23.2 Å². The molecule has 2 aromatic heterocycles. The van der Waals surface area contributed by atoms with Crippen LogP contribution in [0.2, 0.25) is 0 Å². The minimum atomic E-state index is 0.461. The average molecular weight is 442 g/mol. The molecule has 1 saturated carbocycles. The molecular weight excluding hydrogens is 410 g/mol. The highest BCUT2D eigenvalue weighted by Crippen LogP contribution is 2.35. The third-order valence-electron chi connectivity index (χ3n) is 7.19. The van der Waals surface area contributed by atoms with Crippen LogP contribution >= 0.6 is 0 Å². The van der Waals surface area contributed by atoms with E-state index in [2.05, 4.69) is 49.6 Å². The van der Waals surface area contributed by atoms with Crippen molar-refractivity contribution >= 4 is 11.5 Å². The van der Waals surface area contributed by atoms with Crippen LogP contribution in [0.15, 0.2) is 55.2 Å². The Hall–Kier alpha value is -3.40. The van der Waals surface area contributed by atoms with Gasteiger partial charge in [-0.25, -0.2) is 14.6 Å². The largest absolute Gasteiger partial charge is 0.371 e. The summed E-state index contributed by atoms with van der Waals surface area (Å²) in [5, 5.41) is 17.1. The maximum atomic E-state index is 9.08. The molecule has 3 heterocycles. The summed E-state index contributed by atoms with van der Waals surface area (Å²) in [7, 11) is 0. The molecule has 1 aliphatic carbocycles. The van der Waals surface area contributed by atoms with Crippen molar-refractivity contribution in [3.05, 3.63) is 60.8 Å². The molecule has 3 atom stereocenters. The lowest BCUT2D eigenvalue weighted by Crippen LogP contribution is -2.39. The molecule has 33 heavy (non-hydrogen) atoms. The second-order valence-electron chi connectivity index (χ2n) is 9.38. The minimum Gasteiger partial charge on any atom is -0.371 e. The van der Waals surface area contributed by atoms with Crippen LogP contribution in [0.25, 0.3) is 5.69 Å². The second-order valence-corrected chi connectivity index (χ2v) is 9.38. The number of nitrogens with zero attached hydrogens (tertiary/aromatic N) is 6. The predicted molar refractivity (Wildman–Crippen MR) is 129 cm³/mol. The number of nitrogens with one attached hydrogen (secondary N) is 1. The van der Waals surface area contributed by atoms with E-state index in [1.807, 2.05) is 24.4 Å². The lowest BCUT2D eigenvalue weighted by atomic mass is 9.77. The topological polar surface area (TPSA) is 82.7 Å². The van der Waals surface area contributed by atoms with Gasteiger partial charge in [-0.05, 0) is 74.3 Å². The first-order valence-corrected chi connectivity index (χ1v) is 12.1. The molecule has 0 amide bonds. The Kier molecular flexibility index (Phi) is 6.52. The van der Waals surface area contributed by atoms with Gasteiger partial charge in [0.15, 0.2) is 0 Å². The van der Waals surface area contributed by atoms with Gasteiger partial charge in [0, 0.05) is 37.1 Å². The monoisotopic (exact) mass is 441 g/mol.